The minimum absolute atomic E-state index is 0.970. The molecule has 1 saturated carbocycles. The van der Waals surface area contributed by atoms with Crippen molar-refractivity contribution in [3.05, 3.63) is 12.2 Å². The molecule has 0 N–H and O–H groups in total. The fourth-order valence-electron chi connectivity index (χ4n) is 1.97. The van der Waals surface area contributed by atoms with Crippen LogP contribution in [0, 0.1) is 11.8 Å². The van der Waals surface area contributed by atoms with Gasteiger partial charge in [-0.05, 0) is 31.6 Å². The molecule has 1 aliphatic rings. The highest BCUT2D eigenvalue weighted by Crippen LogP contribution is 2.35. The second-order valence-corrected chi connectivity index (χ2v) is 4.52. The zero-order valence-corrected chi connectivity index (χ0v) is 8.60. The monoisotopic (exact) mass is 166 g/mol. The zero-order chi connectivity index (χ0) is 8.97. The van der Waals surface area contributed by atoms with E-state index in [0.29, 0.717) is 0 Å². The summed E-state index contributed by atoms with van der Waals surface area (Å²) in [4.78, 5) is 0. The molecular weight excluding hydrogens is 144 g/mol. The van der Waals surface area contributed by atoms with E-state index in [1.165, 1.54) is 44.1 Å². The summed E-state index contributed by atoms with van der Waals surface area (Å²) in [5.41, 5.74) is 1.34. The molecular formula is C12H22. The Labute approximate surface area is 77.1 Å². The smallest absolute Gasteiger partial charge is 0.0326 e. The normalized spacial score (nSPS) is 20.2. The third kappa shape index (κ3) is 3.00. The van der Waals surface area contributed by atoms with Crippen LogP contribution in [0.2, 0.25) is 0 Å². The van der Waals surface area contributed by atoms with Crippen LogP contribution in [0.15, 0.2) is 12.2 Å². The Morgan fingerprint density at radius 3 is 2.58 bits per heavy atom. The van der Waals surface area contributed by atoms with E-state index in [1.807, 2.05) is 0 Å². The summed E-state index contributed by atoms with van der Waals surface area (Å²) in [6, 6.07) is 0. The molecule has 0 aromatic carbocycles. The zero-order valence-electron chi connectivity index (χ0n) is 8.60. The van der Waals surface area contributed by atoms with E-state index in [4.69, 9.17) is 0 Å². The maximum atomic E-state index is 3.93. The maximum Gasteiger partial charge on any atom is -0.0326 e. The Morgan fingerprint density at radius 1 is 1.50 bits per heavy atom. The van der Waals surface area contributed by atoms with Crippen LogP contribution in [0.3, 0.4) is 0 Å². The average molecular weight is 166 g/mol. The summed E-state index contributed by atoms with van der Waals surface area (Å²) in [6.45, 7) is 8.48. The maximum absolute atomic E-state index is 3.93. The molecule has 1 fully saturated rings. The molecule has 0 amide bonds. The predicted octanol–water partition coefficient (Wildman–Crippen LogP) is 4.17. The molecule has 0 spiro atoms. The van der Waals surface area contributed by atoms with Crippen LogP contribution in [0.25, 0.3) is 0 Å². The van der Waals surface area contributed by atoms with Crippen molar-refractivity contribution in [2.45, 2.75) is 52.4 Å². The summed E-state index contributed by atoms with van der Waals surface area (Å²) < 4.78 is 0. The van der Waals surface area contributed by atoms with E-state index >= 15 is 0 Å². The Bertz CT molecular complexity index is 142. The fourth-order valence-corrected chi connectivity index (χ4v) is 1.97. The Morgan fingerprint density at radius 2 is 2.17 bits per heavy atom. The number of hydrogen-bond donors (Lipinski definition) is 0. The second kappa shape index (κ2) is 4.69. The van der Waals surface area contributed by atoms with Gasteiger partial charge in [-0.25, -0.2) is 0 Å². The van der Waals surface area contributed by atoms with Gasteiger partial charge in [-0.2, -0.15) is 0 Å². The van der Waals surface area contributed by atoms with Gasteiger partial charge in [0.2, 0.25) is 0 Å². The predicted molar refractivity (Wildman–Crippen MR) is 55.2 cm³/mol. The molecule has 1 atom stereocenters. The van der Waals surface area contributed by atoms with Gasteiger partial charge in [-0.1, -0.05) is 38.2 Å². The van der Waals surface area contributed by atoms with Gasteiger partial charge >= 0.3 is 0 Å². The first-order chi connectivity index (χ1) is 5.70. The summed E-state index contributed by atoms with van der Waals surface area (Å²) in [6.07, 6.45) is 8.47. The highest BCUT2D eigenvalue weighted by Gasteiger charge is 2.22. The van der Waals surface area contributed by atoms with Gasteiger partial charge in [0, 0.05) is 0 Å². The lowest BCUT2D eigenvalue weighted by Gasteiger charge is -2.31. The molecule has 12 heavy (non-hydrogen) atoms. The molecule has 0 nitrogen and oxygen atoms in total. The largest absolute Gasteiger partial charge is 0.100 e. The highest BCUT2D eigenvalue weighted by molar-refractivity contribution is 4.87. The van der Waals surface area contributed by atoms with E-state index < -0.39 is 0 Å². The van der Waals surface area contributed by atoms with E-state index in [9.17, 15) is 0 Å². The van der Waals surface area contributed by atoms with Gasteiger partial charge in [0.05, 0.1) is 0 Å². The third-order valence-corrected chi connectivity index (χ3v) is 3.22. The fraction of sp³-hybridized carbons (Fsp3) is 0.833. The van der Waals surface area contributed by atoms with Gasteiger partial charge in [-0.3, -0.25) is 0 Å². The third-order valence-electron chi connectivity index (χ3n) is 3.22. The topological polar surface area (TPSA) is 0 Å². The first-order valence-corrected chi connectivity index (χ1v) is 5.34. The molecule has 0 radical (unpaired) electrons. The van der Waals surface area contributed by atoms with Crippen LogP contribution in [0.1, 0.15) is 52.4 Å². The molecule has 0 aromatic heterocycles. The molecule has 1 unspecified atom stereocenters. The minimum atomic E-state index is 0.970. The number of rotatable bonds is 5. The Balaban J connectivity index is 2.01. The van der Waals surface area contributed by atoms with Gasteiger partial charge in [-0.15, -0.1) is 6.58 Å². The van der Waals surface area contributed by atoms with E-state index in [0.717, 1.165) is 11.8 Å². The van der Waals surface area contributed by atoms with E-state index in [2.05, 4.69) is 20.4 Å². The van der Waals surface area contributed by atoms with Crippen molar-refractivity contribution in [2.75, 3.05) is 0 Å². The molecule has 70 valence electrons. The summed E-state index contributed by atoms with van der Waals surface area (Å²) in [5, 5.41) is 0. The summed E-state index contributed by atoms with van der Waals surface area (Å²) in [5.74, 6) is 2.04. The van der Waals surface area contributed by atoms with Crippen molar-refractivity contribution in [1.82, 2.24) is 0 Å². The van der Waals surface area contributed by atoms with Crippen LogP contribution in [-0.2, 0) is 0 Å². The van der Waals surface area contributed by atoms with Crippen LogP contribution in [0.4, 0.5) is 0 Å². The Kier molecular flexibility index (Phi) is 3.84. The van der Waals surface area contributed by atoms with Crippen molar-refractivity contribution in [3.8, 4) is 0 Å². The van der Waals surface area contributed by atoms with Gasteiger partial charge < -0.3 is 0 Å². The van der Waals surface area contributed by atoms with Gasteiger partial charge in [0.1, 0.15) is 0 Å². The first kappa shape index (κ1) is 9.83. The lowest BCUT2D eigenvalue weighted by Crippen LogP contribution is -2.19. The van der Waals surface area contributed by atoms with Crippen LogP contribution in [0.5, 0.6) is 0 Å². The molecule has 0 heterocycles. The summed E-state index contributed by atoms with van der Waals surface area (Å²) in [7, 11) is 0. The van der Waals surface area contributed by atoms with Crippen molar-refractivity contribution in [1.29, 1.82) is 0 Å². The standard InChI is InChI=1S/C12H22/c1-10(2)6-4-7-11(3)12-8-5-9-12/h11-12H,1,4-9H2,2-3H3. The minimum Gasteiger partial charge on any atom is -0.100 e. The second-order valence-electron chi connectivity index (χ2n) is 4.52. The van der Waals surface area contributed by atoms with Gasteiger partial charge in [0.25, 0.3) is 0 Å². The average Bonchev–Trinajstić information content (AvgIpc) is 1.81. The lowest BCUT2D eigenvalue weighted by atomic mass is 9.75. The van der Waals surface area contributed by atoms with E-state index in [1.54, 1.807) is 0 Å². The van der Waals surface area contributed by atoms with Crippen molar-refractivity contribution >= 4 is 0 Å². The first-order valence-electron chi connectivity index (χ1n) is 5.34. The highest BCUT2D eigenvalue weighted by atomic mass is 14.3. The molecule has 0 heteroatoms. The van der Waals surface area contributed by atoms with Crippen molar-refractivity contribution in [2.24, 2.45) is 11.8 Å². The number of hydrogen-bond acceptors (Lipinski definition) is 0. The molecule has 1 rings (SSSR count). The van der Waals surface area contributed by atoms with Crippen molar-refractivity contribution < 1.29 is 0 Å². The van der Waals surface area contributed by atoms with Crippen LogP contribution in [-0.4, -0.2) is 0 Å². The molecule has 1 aliphatic carbocycles. The summed E-state index contributed by atoms with van der Waals surface area (Å²) >= 11 is 0. The van der Waals surface area contributed by atoms with E-state index in [-0.39, 0.29) is 0 Å². The van der Waals surface area contributed by atoms with Gasteiger partial charge in [0.15, 0.2) is 0 Å². The molecule has 0 saturated heterocycles. The number of allylic oxidation sites excluding steroid dienone is 1. The quantitative estimate of drug-likeness (QED) is 0.538. The molecule has 0 aliphatic heterocycles. The van der Waals surface area contributed by atoms with Crippen molar-refractivity contribution in [3.63, 3.8) is 0 Å². The lowest BCUT2D eigenvalue weighted by molar-refractivity contribution is 0.208. The SMILES string of the molecule is C=C(C)CCCC(C)C1CCC1. The van der Waals surface area contributed by atoms with Crippen LogP contribution >= 0.6 is 0 Å². The molecule has 0 aromatic rings. The Hall–Kier alpha value is -0.260. The molecule has 0 bridgehead atoms. The van der Waals surface area contributed by atoms with Crippen LogP contribution < -0.4 is 0 Å².